The fourth-order valence-corrected chi connectivity index (χ4v) is 4.87. The van der Waals surface area contributed by atoms with Gasteiger partial charge >= 0.3 is 0 Å². The predicted molar refractivity (Wildman–Crippen MR) is 120 cm³/mol. The van der Waals surface area contributed by atoms with Crippen molar-refractivity contribution in [2.75, 3.05) is 12.0 Å². The molecule has 0 fully saturated rings. The Hall–Kier alpha value is -3.09. The van der Waals surface area contributed by atoms with Gasteiger partial charge in [0.05, 0.1) is 23.0 Å². The molecule has 146 valence electrons. The molecule has 29 heavy (non-hydrogen) atoms. The Morgan fingerprint density at radius 3 is 2.76 bits per heavy atom. The van der Waals surface area contributed by atoms with Crippen LogP contribution >= 0.6 is 11.3 Å². The van der Waals surface area contributed by atoms with Crippen LogP contribution in [0.5, 0.6) is 5.75 Å². The quantitative estimate of drug-likeness (QED) is 0.523. The zero-order chi connectivity index (χ0) is 19.8. The van der Waals surface area contributed by atoms with E-state index >= 15 is 0 Å². The number of hydrogen-bond donors (Lipinski definition) is 1. The number of benzene rings is 2. The van der Waals surface area contributed by atoms with Crippen molar-refractivity contribution in [3.8, 4) is 5.75 Å². The maximum absolute atomic E-state index is 6.12. The molecule has 0 saturated carbocycles. The van der Waals surface area contributed by atoms with Crippen LogP contribution in [0.4, 0.5) is 5.69 Å². The number of thiophene rings is 1. The first kappa shape index (κ1) is 18.0. The molecule has 1 atom stereocenters. The molecule has 0 radical (unpaired) electrons. The largest absolute Gasteiger partial charge is 0.495 e. The fourth-order valence-electron chi connectivity index (χ4n) is 4.03. The van der Waals surface area contributed by atoms with E-state index in [4.69, 9.17) is 15.5 Å². The highest BCUT2D eigenvalue weighted by Crippen LogP contribution is 2.41. The van der Waals surface area contributed by atoms with Crippen LogP contribution in [0.3, 0.4) is 0 Å². The number of fused-ring (bicyclic) bond motifs is 2. The highest BCUT2D eigenvalue weighted by Gasteiger charge is 2.30. The molecule has 5 rings (SSSR count). The van der Waals surface area contributed by atoms with Crippen LogP contribution in [0.25, 0.3) is 10.2 Å². The molecule has 0 amide bonds. The number of hydrogen-bond acceptors (Lipinski definition) is 5. The maximum Gasteiger partial charge on any atom is 0.203 e. The number of rotatable bonds is 5. The normalized spacial score (nSPS) is 15.7. The number of methoxy groups -OCH3 is 1. The molecule has 1 aliphatic heterocycles. The van der Waals surface area contributed by atoms with Crippen LogP contribution in [-0.4, -0.2) is 17.9 Å². The minimum Gasteiger partial charge on any atom is -0.495 e. The van der Waals surface area contributed by atoms with Crippen LogP contribution in [0.2, 0.25) is 0 Å². The van der Waals surface area contributed by atoms with Gasteiger partial charge in [-0.25, -0.2) is 4.99 Å². The lowest BCUT2D eigenvalue weighted by Crippen LogP contribution is -2.35. The van der Waals surface area contributed by atoms with E-state index in [0.29, 0.717) is 13.1 Å². The van der Waals surface area contributed by atoms with Crippen molar-refractivity contribution in [2.24, 2.45) is 10.7 Å². The van der Waals surface area contributed by atoms with Crippen molar-refractivity contribution in [3.63, 3.8) is 0 Å². The Labute approximate surface area is 173 Å². The number of ether oxygens (including phenoxy) is 1. The molecule has 2 aromatic heterocycles. The van der Waals surface area contributed by atoms with Gasteiger partial charge in [-0.1, -0.05) is 42.5 Å². The van der Waals surface area contributed by atoms with Gasteiger partial charge in [0.25, 0.3) is 0 Å². The predicted octanol–water partition coefficient (Wildman–Crippen LogP) is 4.77. The monoisotopic (exact) mass is 402 g/mol. The molecule has 1 aliphatic rings. The first-order chi connectivity index (χ1) is 14.3. The molecule has 6 heteroatoms. The summed E-state index contributed by atoms with van der Waals surface area (Å²) in [4.78, 5) is 7.27. The molecular formula is C23H22N4OS. The van der Waals surface area contributed by atoms with Crippen molar-refractivity contribution in [1.82, 2.24) is 4.57 Å². The lowest BCUT2D eigenvalue weighted by Gasteiger charge is -2.37. The van der Waals surface area contributed by atoms with E-state index in [-0.39, 0.29) is 6.29 Å². The van der Waals surface area contributed by atoms with Crippen LogP contribution in [0.1, 0.15) is 23.1 Å². The van der Waals surface area contributed by atoms with E-state index in [2.05, 4.69) is 57.3 Å². The van der Waals surface area contributed by atoms with Gasteiger partial charge in [0, 0.05) is 30.6 Å². The van der Waals surface area contributed by atoms with E-state index in [1.165, 1.54) is 10.3 Å². The molecule has 0 aliphatic carbocycles. The third-order valence-corrected chi connectivity index (χ3v) is 6.19. The zero-order valence-electron chi connectivity index (χ0n) is 16.2. The molecular weight excluding hydrogens is 380 g/mol. The maximum atomic E-state index is 6.12. The fraction of sp³-hybridized carbons (Fsp3) is 0.174. The second-order valence-corrected chi connectivity index (χ2v) is 7.96. The molecule has 5 nitrogen and oxygen atoms in total. The lowest BCUT2D eigenvalue weighted by atomic mass is 10.1. The third-order valence-electron chi connectivity index (χ3n) is 5.34. The average molecular weight is 403 g/mol. The van der Waals surface area contributed by atoms with Gasteiger partial charge in [0.15, 0.2) is 0 Å². The van der Waals surface area contributed by atoms with E-state index in [9.17, 15) is 0 Å². The number of para-hydroxylation sites is 1. The lowest BCUT2D eigenvalue weighted by molar-refractivity contribution is 0.405. The van der Waals surface area contributed by atoms with Gasteiger partial charge in [-0.3, -0.25) is 0 Å². The minimum atomic E-state index is -0.232. The van der Waals surface area contributed by atoms with Crippen LogP contribution in [-0.2, 0) is 13.1 Å². The van der Waals surface area contributed by atoms with Crippen LogP contribution in [0.15, 0.2) is 71.0 Å². The van der Waals surface area contributed by atoms with Crippen LogP contribution < -0.4 is 15.4 Å². The number of anilines is 1. The summed E-state index contributed by atoms with van der Waals surface area (Å²) in [6.07, 6.45) is 1.72. The summed E-state index contributed by atoms with van der Waals surface area (Å²) < 4.78 is 9.22. The number of nitrogens with zero attached hydrogens (tertiary/aromatic N) is 3. The molecule has 3 heterocycles. The SMILES string of the molecule is COc1cccc2c1N(Cc1ccccc1)C(n1c(CN)cc3sccc31)N=C2. The summed E-state index contributed by atoms with van der Waals surface area (Å²) in [6, 6.07) is 20.9. The van der Waals surface area contributed by atoms with E-state index < -0.39 is 0 Å². The van der Waals surface area contributed by atoms with Crippen molar-refractivity contribution < 1.29 is 4.74 Å². The van der Waals surface area contributed by atoms with Crippen LogP contribution in [0, 0.1) is 0 Å². The first-order valence-electron chi connectivity index (χ1n) is 9.58. The molecule has 2 N–H and O–H groups in total. The summed E-state index contributed by atoms with van der Waals surface area (Å²) in [7, 11) is 1.72. The summed E-state index contributed by atoms with van der Waals surface area (Å²) in [5, 5.41) is 2.12. The smallest absolute Gasteiger partial charge is 0.203 e. The molecule has 2 aromatic carbocycles. The van der Waals surface area contributed by atoms with Crippen molar-refractivity contribution in [2.45, 2.75) is 19.4 Å². The van der Waals surface area contributed by atoms with Crippen molar-refractivity contribution in [3.05, 3.63) is 82.9 Å². The first-order valence-corrected chi connectivity index (χ1v) is 10.5. The Bertz CT molecular complexity index is 1180. The summed E-state index contributed by atoms with van der Waals surface area (Å²) >= 11 is 1.73. The highest BCUT2D eigenvalue weighted by atomic mass is 32.1. The number of nitrogens with two attached hydrogens (primary N) is 1. The molecule has 0 spiro atoms. The van der Waals surface area contributed by atoms with Gasteiger partial charge in [0.1, 0.15) is 5.75 Å². The van der Waals surface area contributed by atoms with E-state index in [1.807, 2.05) is 24.4 Å². The van der Waals surface area contributed by atoms with Gasteiger partial charge in [-0.2, -0.15) is 0 Å². The second-order valence-electron chi connectivity index (χ2n) is 7.02. The molecule has 4 aromatic rings. The topological polar surface area (TPSA) is 55.8 Å². The Morgan fingerprint density at radius 1 is 1.10 bits per heavy atom. The Kier molecular flexibility index (Phi) is 4.58. The van der Waals surface area contributed by atoms with Gasteiger partial charge in [-0.15, -0.1) is 11.3 Å². The molecule has 0 saturated heterocycles. The van der Waals surface area contributed by atoms with E-state index in [1.54, 1.807) is 18.4 Å². The standard InChI is InChI=1S/C23H22N4OS/c1-28-20-9-5-8-17-14-25-23(26(22(17)20)15-16-6-3-2-4-7-16)27-18(13-24)12-21-19(27)10-11-29-21/h2-12,14,23H,13,15,24H2,1H3. The Balaban J connectivity index is 1.70. The van der Waals surface area contributed by atoms with E-state index in [0.717, 1.165) is 28.2 Å². The third kappa shape index (κ3) is 3.01. The molecule has 0 bridgehead atoms. The van der Waals surface area contributed by atoms with Gasteiger partial charge < -0.3 is 19.9 Å². The van der Waals surface area contributed by atoms with Crippen molar-refractivity contribution in [1.29, 1.82) is 0 Å². The summed E-state index contributed by atoms with van der Waals surface area (Å²) in [5.41, 5.74) is 11.7. The minimum absolute atomic E-state index is 0.232. The van der Waals surface area contributed by atoms with Crippen molar-refractivity contribution >= 4 is 33.5 Å². The number of aliphatic imine (C=N–C) groups is 1. The molecule has 1 unspecified atom stereocenters. The summed E-state index contributed by atoms with van der Waals surface area (Å²) in [5.74, 6) is 0.845. The number of aromatic nitrogens is 1. The van der Waals surface area contributed by atoms with Gasteiger partial charge in [-0.05, 0) is 29.1 Å². The average Bonchev–Trinajstić information content (AvgIpc) is 3.35. The highest BCUT2D eigenvalue weighted by molar-refractivity contribution is 7.17. The van der Waals surface area contributed by atoms with Gasteiger partial charge in [0.2, 0.25) is 6.29 Å². The zero-order valence-corrected chi connectivity index (χ0v) is 17.0. The summed E-state index contributed by atoms with van der Waals surface area (Å²) in [6.45, 7) is 1.18. The Morgan fingerprint density at radius 2 is 1.97 bits per heavy atom. The second kappa shape index (κ2) is 7.39.